The van der Waals surface area contributed by atoms with Gasteiger partial charge in [-0.15, -0.1) is 0 Å². The van der Waals surface area contributed by atoms with Crippen LogP contribution in [0.15, 0.2) is 24.3 Å². The fourth-order valence-corrected chi connectivity index (χ4v) is 1.96. The zero-order chi connectivity index (χ0) is 15.9. The van der Waals surface area contributed by atoms with Crippen molar-refractivity contribution in [2.45, 2.75) is 13.8 Å². The molecule has 0 fully saturated rings. The highest BCUT2D eigenvalue weighted by molar-refractivity contribution is 5.94. The Balaban J connectivity index is 2.71. The molecule has 1 aromatic carbocycles. The van der Waals surface area contributed by atoms with Gasteiger partial charge in [0.25, 0.3) is 5.91 Å². The van der Waals surface area contributed by atoms with Gasteiger partial charge in [-0.25, -0.2) is 0 Å². The third kappa shape index (κ3) is 5.73. The molecule has 5 nitrogen and oxygen atoms in total. The average molecular weight is 294 g/mol. The lowest BCUT2D eigenvalue weighted by molar-refractivity contribution is 0.0740. The van der Waals surface area contributed by atoms with Crippen molar-refractivity contribution in [3.05, 3.63) is 29.8 Å². The van der Waals surface area contributed by atoms with Gasteiger partial charge in [-0.2, -0.15) is 0 Å². The average Bonchev–Trinajstić information content (AvgIpc) is 2.46. The quantitative estimate of drug-likeness (QED) is 0.742. The van der Waals surface area contributed by atoms with E-state index in [9.17, 15) is 4.79 Å². The van der Waals surface area contributed by atoms with Crippen LogP contribution < -0.4 is 10.5 Å². The van der Waals surface area contributed by atoms with Crippen molar-refractivity contribution in [2.75, 3.05) is 40.5 Å². The number of nitrogens with zero attached hydrogens (tertiary/aromatic N) is 1. The zero-order valence-corrected chi connectivity index (χ0v) is 13.4. The summed E-state index contributed by atoms with van der Waals surface area (Å²) in [7, 11) is 3.41. The number of amides is 1. The van der Waals surface area contributed by atoms with Gasteiger partial charge in [-0.3, -0.25) is 4.79 Å². The van der Waals surface area contributed by atoms with Gasteiger partial charge in [0.2, 0.25) is 0 Å². The minimum Gasteiger partial charge on any atom is -0.491 e. The van der Waals surface area contributed by atoms with Crippen LogP contribution in [0.5, 0.6) is 5.75 Å². The topological polar surface area (TPSA) is 64.8 Å². The second-order valence-corrected chi connectivity index (χ2v) is 5.90. The van der Waals surface area contributed by atoms with E-state index >= 15 is 0 Å². The van der Waals surface area contributed by atoms with Crippen molar-refractivity contribution < 1.29 is 14.3 Å². The lowest BCUT2D eigenvalue weighted by atomic mass is 9.93. The number of nitrogens with two attached hydrogens (primary N) is 1. The van der Waals surface area contributed by atoms with Crippen molar-refractivity contribution >= 4 is 5.91 Å². The molecule has 0 aliphatic carbocycles. The summed E-state index contributed by atoms with van der Waals surface area (Å²) < 4.78 is 10.5. The first kappa shape index (κ1) is 17.5. The third-order valence-corrected chi connectivity index (χ3v) is 3.20. The van der Waals surface area contributed by atoms with E-state index in [1.807, 2.05) is 26.0 Å². The largest absolute Gasteiger partial charge is 0.491 e. The van der Waals surface area contributed by atoms with Crippen LogP contribution in [0.2, 0.25) is 0 Å². The van der Waals surface area contributed by atoms with Crippen LogP contribution in [0.25, 0.3) is 0 Å². The molecule has 1 amide bonds. The maximum absolute atomic E-state index is 12.4. The number of carbonyl (C=O) groups excluding carboxylic acids is 1. The summed E-state index contributed by atoms with van der Waals surface area (Å²) in [6.45, 7) is 6.21. The van der Waals surface area contributed by atoms with Crippen molar-refractivity contribution in [1.82, 2.24) is 4.90 Å². The fraction of sp³-hybridized carbons (Fsp3) is 0.562. The second-order valence-electron chi connectivity index (χ2n) is 5.90. The zero-order valence-electron chi connectivity index (χ0n) is 13.4. The third-order valence-electron chi connectivity index (χ3n) is 3.20. The molecule has 5 heteroatoms. The van der Waals surface area contributed by atoms with Gasteiger partial charge in [-0.1, -0.05) is 19.9 Å². The summed E-state index contributed by atoms with van der Waals surface area (Å²) in [5, 5.41) is 0. The Labute approximate surface area is 127 Å². The van der Waals surface area contributed by atoms with Crippen molar-refractivity contribution in [2.24, 2.45) is 11.1 Å². The van der Waals surface area contributed by atoms with Gasteiger partial charge in [0.05, 0.1) is 6.61 Å². The van der Waals surface area contributed by atoms with Crippen LogP contribution in [0, 0.1) is 5.41 Å². The first-order chi connectivity index (χ1) is 9.89. The lowest BCUT2D eigenvalue weighted by Crippen LogP contribution is -2.39. The molecule has 118 valence electrons. The first-order valence-corrected chi connectivity index (χ1v) is 7.07. The number of hydrogen-bond acceptors (Lipinski definition) is 4. The van der Waals surface area contributed by atoms with E-state index in [0.29, 0.717) is 37.6 Å². The number of hydrogen-bond donors (Lipinski definition) is 1. The molecule has 0 radical (unpaired) electrons. The molecule has 0 aliphatic heterocycles. The molecule has 21 heavy (non-hydrogen) atoms. The number of benzene rings is 1. The molecule has 0 saturated heterocycles. The van der Waals surface area contributed by atoms with Gasteiger partial charge < -0.3 is 20.1 Å². The van der Waals surface area contributed by atoms with E-state index < -0.39 is 0 Å². The summed E-state index contributed by atoms with van der Waals surface area (Å²) in [6.07, 6.45) is 0. The Morgan fingerprint density at radius 2 is 2.05 bits per heavy atom. The minimum atomic E-state index is -0.100. The van der Waals surface area contributed by atoms with Crippen molar-refractivity contribution in [1.29, 1.82) is 0 Å². The van der Waals surface area contributed by atoms with Gasteiger partial charge in [0.1, 0.15) is 12.4 Å². The SMILES string of the molecule is COCCOc1cccc(C(=O)N(C)CC(C)(C)CN)c1. The Morgan fingerprint density at radius 3 is 2.67 bits per heavy atom. The minimum absolute atomic E-state index is 0.0336. The van der Waals surface area contributed by atoms with Crippen LogP contribution in [0.4, 0.5) is 0 Å². The molecule has 0 atom stereocenters. The summed E-state index contributed by atoms with van der Waals surface area (Å²) >= 11 is 0. The van der Waals surface area contributed by atoms with Gasteiger partial charge in [-0.05, 0) is 30.2 Å². The molecule has 0 spiro atoms. The van der Waals surface area contributed by atoms with Gasteiger partial charge in [0, 0.05) is 26.3 Å². The van der Waals surface area contributed by atoms with E-state index in [-0.39, 0.29) is 11.3 Å². The Kier molecular flexibility index (Phi) is 6.65. The molecule has 2 N–H and O–H groups in total. The highest BCUT2D eigenvalue weighted by Crippen LogP contribution is 2.18. The Bertz CT molecular complexity index is 461. The highest BCUT2D eigenvalue weighted by Gasteiger charge is 2.22. The fourth-order valence-electron chi connectivity index (χ4n) is 1.96. The Morgan fingerprint density at radius 1 is 1.33 bits per heavy atom. The number of rotatable bonds is 8. The van der Waals surface area contributed by atoms with Crippen LogP contribution in [-0.2, 0) is 4.74 Å². The molecule has 0 heterocycles. The van der Waals surface area contributed by atoms with E-state index in [1.165, 1.54) is 0 Å². The smallest absolute Gasteiger partial charge is 0.253 e. The molecule has 0 unspecified atom stereocenters. The maximum Gasteiger partial charge on any atom is 0.253 e. The number of carbonyl (C=O) groups is 1. The second kappa shape index (κ2) is 8.00. The molecule has 0 aliphatic rings. The molecule has 0 saturated carbocycles. The molecular weight excluding hydrogens is 268 g/mol. The Hall–Kier alpha value is -1.59. The number of ether oxygens (including phenoxy) is 2. The van der Waals surface area contributed by atoms with Gasteiger partial charge >= 0.3 is 0 Å². The predicted octanol–water partition coefficient (Wildman–Crippen LogP) is 1.77. The monoisotopic (exact) mass is 294 g/mol. The molecule has 0 aromatic heterocycles. The standard InChI is InChI=1S/C16H26N2O3/c1-16(2,11-17)12-18(3)15(19)13-6-5-7-14(10-13)21-9-8-20-4/h5-7,10H,8-9,11-12,17H2,1-4H3. The molecule has 1 rings (SSSR count). The van der Waals surface area contributed by atoms with Crippen LogP contribution in [-0.4, -0.2) is 51.3 Å². The van der Waals surface area contributed by atoms with Crippen molar-refractivity contribution in [3.8, 4) is 5.75 Å². The summed E-state index contributed by atoms with van der Waals surface area (Å²) in [5.41, 5.74) is 6.23. The maximum atomic E-state index is 12.4. The van der Waals surface area contributed by atoms with Crippen LogP contribution in [0.1, 0.15) is 24.2 Å². The normalized spacial score (nSPS) is 11.3. The summed E-state index contributed by atoms with van der Waals surface area (Å²) in [5.74, 6) is 0.637. The lowest BCUT2D eigenvalue weighted by Gasteiger charge is -2.29. The van der Waals surface area contributed by atoms with E-state index in [2.05, 4.69) is 0 Å². The van der Waals surface area contributed by atoms with Crippen LogP contribution >= 0.6 is 0 Å². The summed E-state index contributed by atoms with van der Waals surface area (Å²) in [6, 6.07) is 7.19. The highest BCUT2D eigenvalue weighted by atomic mass is 16.5. The predicted molar refractivity (Wildman–Crippen MR) is 83.6 cm³/mol. The van der Waals surface area contributed by atoms with E-state index in [0.717, 1.165) is 0 Å². The molecule has 0 bridgehead atoms. The first-order valence-electron chi connectivity index (χ1n) is 7.07. The van der Waals surface area contributed by atoms with Crippen LogP contribution in [0.3, 0.4) is 0 Å². The van der Waals surface area contributed by atoms with Gasteiger partial charge in [0.15, 0.2) is 0 Å². The van der Waals surface area contributed by atoms with Crippen molar-refractivity contribution in [3.63, 3.8) is 0 Å². The van der Waals surface area contributed by atoms with E-state index in [4.69, 9.17) is 15.2 Å². The molecule has 1 aromatic rings. The van der Waals surface area contributed by atoms with E-state index in [1.54, 1.807) is 31.2 Å². The summed E-state index contributed by atoms with van der Waals surface area (Å²) in [4.78, 5) is 14.1. The molecular formula is C16H26N2O3. The number of methoxy groups -OCH3 is 1.